The average molecular weight is 339 g/mol. The van der Waals surface area contributed by atoms with Crippen LogP contribution in [0.25, 0.3) is 0 Å². The molecule has 0 spiro atoms. The van der Waals surface area contributed by atoms with Gasteiger partial charge < -0.3 is 10.6 Å². The van der Waals surface area contributed by atoms with Crippen LogP contribution in [0.4, 0.5) is 11.4 Å². The minimum atomic E-state index is -0.146. The van der Waals surface area contributed by atoms with Crippen LogP contribution in [0.15, 0.2) is 42.5 Å². The SMILES string of the molecule is Cc1cccc(NC(=O)CN(C)CC(=O)Nc2cccc(C)c2C)c1. The molecule has 132 valence electrons. The highest BCUT2D eigenvalue weighted by Gasteiger charge is 2.12. The number of nitrogens with one attached hydrogen (secondary N) is 2. The summed E-state index contributed by atoms with van der Waals surface area (Å²) in [7, 11) is 1.75. The van der Waals surface area contributed by atoms with Gasteiger partial charge in [-0.25, -0.2) is 0 Å². The van der Waals surface area contributed by atoms with Crippen molar-refractivity contribution in [2.45, 2.75) is 20.8 Å². The maximum Gasteiger partial charge on any atom is 0.238 e. The maximum atomic E-state index is 12.2. The van der Waals surface area contributed by atoms with Gasteiger partial charge in [0.05, 0.1) is 13.1 Å². The molecule has 2 rings (SSSR count). The van der Waals surface area contributed by atoms with Gasteiger partial charge in [-0.3, -0.25) is 14.5 Å². The number of anilines is 2. The number of amides is 2. The van der Waals surface area contributed by atoms with Gasteiger partial charge in [-0.1, -0.05) is 24.3 Å². The van der Waals surface area contributed by atoms with Crippen molar-refractivity contribution in [1.29, 1.82) is 0 Å². The first kappa shape index (κ1) is 18.7. The second-order valence-corrected chi connectivity index (χ2v) is 6.39. The summed E-state index contributed by atoms with van der Waals surface area (Å²) < 4.78 is 0. The summed E-state index contributed by atoms with van der Waals surface area (Å²) in [6.45, 7) is 6.25. The van der Waals surface area contributed by atoms with Gasteiger partial charge in [-0.15, -0.1) is 0 Å². The third-order valence-corrected chi connectivity index (χ3v) is 4.01. The number of hydrogen-bond donors (Lipinski definition) is 2. The molecule has 0 fully saturated rings. The first-order valence-corrected chi connectivity index (χ1v) is 8.26. The average Bonchev–Trinajstić information content (AvgIpc) is 2.51. The molecule has 2 aromatic carbocycles. The molecule has 0 bridgehead atoms. The van der Waals surface area contributed by atoms with Crippen LogP contribution in [0.3, 0.4) is 0 Å². The Kier molecular flexibility index (Phi) is 6.31. The van der Waals surface area contributed by atoms with Crippen molar-refractivity contribution in [3.63, 3.8) is 0 Å². The van der Waals surface area contributed by atoms with E-state index < -0.39 is 0 Å². The van der Waals surface area contributed by atoms with Crippen molar-refractivity contribution in [3.05, 3.63) is 59.2 Å². The van der Waals surface area contributed by atoms with Crippen molar-refractivity contribution in [1.82, 2.24) is 4.90 Å². The minimum absolute atomic E-state index is 0.139. The predicted molar refractivity (Wildman–Crippen MR) is 102 cm³/mol. The van der Waals surface area contributed by atoms with Crippen molar-refractivity contribution >= 4 is 23.2 Å². The maximum absolute atomic E-state index is 12.2. The third kappa shape index (κ3) is 5.72. The van der Waals surface area contributed by atoms with E-state index in [4.69, 9.17) is 0 Å². The summed E-state index contributed by atoms with van der Waals surface area (Å²) in [6.07, 6.45) is 0. The van der Waals surface area contributed by atoms with E-state index in [9.17, 15) is 9.59 Å². The number of hydrogen-bond acceptors (Lipinski definition) is 3. The molecule has 0 aliphatic rings. The number of aryl methyl sites for hydroxylation is 2. The van der Waals surface area contributed by atoms with E-state index in [2.05, 4.69) is 10.6 Å². The highest BCUT2D eigenvalue weighted by atomic mass is 16.2. The molecule has 0 heterocycles. The molecule has 5 nitrogen and oxygen atoms in total. The van der Waals surface area contributed by atoms with E-state index in [1.165, 1.54) is 0 Å². The van der Waals surface area contributed by atoms with E-state index in [-0.39, 0.29) is 24.9 Å². The number of benzene rings is 2. The standard InChI is InChI=1S/C20H25N3O2/c1-14-7-5-9-17(11-14)21-19(24)12-23(4)13-20(25)22-18-10-6-8-15(2)16(18)3/h5-11H,12-13H2,1-4H3,(H,21,24)(H,22,25). The molecule has 0 radical (unpaired) electrons. The number of carbonyl (C=O) groups excluding carboxylic acids is 2. The number of rotatable bonds is 6. The third-order valence-electron chi connectivity index (χ3n) is 4.01. The molecule has 25 heavy (non-hydrogen) atoms. The van der Waals surface area contributed by atoms with Crippen LogP contribution < -0.4 is 10.6 Å². The largest absolute Gasteiger partial charge is 0.325 e. The molecule has 2 aromatic rings. The zero-order valence-corrected chi connectivity index (χ0v) is 15.2. The van der Waals surface area contributed by atoms with Gasteiger partial charge in [0.2, 0.25) is 11.8 Å². The Labute approximate surface area is 149 Å². The topological polar surface area (TPSA) is 61.4 Å². The normalized spacial score (nSPS) is 10.6. The highest BCUT2D eigenvalue weighted by molar-refractivity contribution is 5.95. The van der Waals surface area contributed by atoms with Crippen molar-refractivity contribution in [2.24, 2.45) is 0 Å². The van der Waals surface area contributed by atoms with E-state index in [0.29, 0.717) is 0 Å². The van der Waals surface area contributed by atoms with Crippen molar-refractivity contribution in [2.75, 3.05) is 30.8 Å². The van der Waals surface area contributed by atoms with Gasteiger partial charge in [-0.2, -0.15) is 0 Å². The number of carbonyl (C=O) groups is 2. The first-order valence-electron chi connectivity index (χ1n) is 8.26. The van der Waals surface area contributed by atoms with Crippen molar-refractivity contribution < 1.29 is 9.59 Å². The Morgan fingerprint density at radius 2 is 1.56 bits per heavy atom. The fraction of sp³-hybridized carbons (Fsp3) is 0.300. The Morgan fingerprint density at radius 1 is 0.920 bits per heavy atom. The Balaban J connectivity index is 1.84. The quantitative estimate of drug-likeness (QED) is 0.850. The summed E-state index contributed by atoms with van der Waals surface area (Å²) >= 11 is 0. The lowest BCUT2D eigenvalue weighted by atomic mass is 10.1. The molecule has 5 heteroatoms. The lowest BCUT2D eigenvalue weighted by Crippen LogP contribution is -2.36. The van der Waals surface area contributed by atoms with Crippen LogP contribution >= 0.6 is 0 Å². The van der Waals surface area contributed by atoms with Gasteiger partial charge in [0.15, 0.2) is 0 Å². The molecule has 0 saturated heterocycles. The zero-order chi connectivity index (χ0) is 18.4. The second kappa shape index (κ2) is 8.44. The van der Waals surface area contributed by atoms with Crippen LogP contribution in [0.5, 0.6) is 0 Å². The van der Waals surface area contributed by atoms with Gasteiger partial charge in [0, 0.05) is 11.4 Å². The summed E-state index contributed by atoms with van der Waals surface area (Å²) in [5.41, 5.74) is 4.83. The van der Waals surface area contributed by atoms with Gasteiger partial charge in [-0.05, 0) is 62.7 Å². The molecular formula is C20H25N3O2. The van der Waals surface area contributed by atoms with Gasteiger partial charge in [0.25, 0.3) is 0 Å². The second-order valence-electron chi connectivity index (χ2n) is 6.39. The summed E-state index contributed by atoms with van der Waals surface area (Å²) in [6, 6.07) is 13.4. The molecule has 0 atom stereocenters. The Morgan fingerprint density at radius 3 is 2.24 bits per heavy atom. The fourth-order valence-electron chi connectivity index (χ4n) is 2.55. The van der Waals surface area contributed by atoms with Gasteiger partial charge in [0.1, 0.15) is 0 Å². The smallest absolute Gasteiger partial charge is 0.238 e. The Hall–Kier alpha value is -2.66. The van der Waals surface area contributed by atoms with E-state index in [1.807, 2.05) is 63.2 Å². The monoisotopic (exact) mass is 339 g/mol. The summed E-state index contributed by atoms with van der Waals surface area (Å²) in [5, 5.41) is 5.74. The van der Waals surface area contributed by atoms with Crippen LogP contribution in [-0.2, 0) is 9.59 Å². The molecule has 0 aliphatic carbocycles. The predicted octanol–water partition coefficient (Wildman–Crippen LogP) is 3.12. The number of likely N-dealkylation sites (N-methyl/N-ethyl adjacent to an activating group) is 1. The van der Waals surface area contributed by atoms with Crippen LogP contribution in [-0.4, -0.2) is 36.9 Å². The highest BCUT2D eigenvalue weighted by Crippen LogP contribution is 2.17. The van der Waals surface area contributed by atoms with Crippen LogP contribution in [0.2, 0.25) is 0 Å². The molecule has 0 aliphatic heterocycles. The molecule has 0 aromatic heterocycles. The molecule has 0 saturated carbocycles. The summed E-state index contributed by atoms with van der Waals surface area (Å²) in [4.78, 5) is 26.0. The zero-order valence-electron chi connectivity index (χ0n) is 15.2. The van der Waals surface area contributed by atoms with E-state index >= 15 is 0 Å². The lowest BCUT2D eigenvalue weighted by Gasteiger charge is -2.17. The van der Waals surface area contributed by atoms with Crippen LogP contribution in [0, 0.1) is 20.8 Å². The van der Waals surface area contributed by atoms with E-state index in [0.717, 1.165) is 28.1 Å². The van der Waals surface area contributed by atoms with Crippen molar-refractivity contribution in [3.8, 4) is 0 Å². The van der Waals surface area contributed by atoms with Crippen LogP contribution in [0.1, 0.15) is 16.7 Å². The summed E-state index contributed by atoms with van der Waals surface area (Å²) in [5.74, 6) is -0.285. The lowest BCUT2D eigenvalue weighted by molar-refractivity contribution is -0.119. The molecule has 0 unspecified atom stereocenters. The fourth-order valence-corrected chi connectivity index (χ4v) is 2.55. The molecule has 2 N–H and O–H groups in total. The Bertz CT molecular complexity index is 771. The van der Waals surface area contributed by atoms with Gasteiger partial charge >= 0.3 is 0 Å². The number of nitrogens with zero attached hydrogens (tertiary/aromatic N) is 1. The minimum Gasteiger partial charge on any atom is -0.325 e. The molecular weight excluding hydrogens is 314 g/mol. The van der Waals surface area contributed by atoms with E-state index in [1.54, 1.807) is 11.9 Å². The molecule has 2 amide bonds. The first-order chi connectivity index (χ1) is 11.8.